The van der Waals surface area contributed by atoms with Crippen molar-refractivity contribution in [3.63, 3.8) is 0 Å². The number of imidazole rings is 1. The summed E-state index contributed by atoms with van der Waals surface area (Å²) in [7, 11) is 1.62. The van der Waals surface area contributed by atoms with Gasteiger partial charge in [0.1, 0.15) is 19.0 Å². The molecule has 2 aromatic carbocycles. The summed E-state index contributed by atoms with van der Waals surface area (Å²) in [4.78, 5) is 17.1. The average molecular weight is 323 g/mol. The van der Waals surface area contributed by atoms with Crippen molar-refractivity contribution in [3.8, 4) is 0 Å². The van der Waals surface area contributed by atoms with E-state index < -0.39 is 0 Å². The molecule has 0 aliphatic carbocycles. The summed E-state index contributed by atoms with van der Waals surface area (Å²) in [6, 6.07) is 13.8. The number of benzene rings is 2. The Labute approximate surface area is 141 Å². The van der Waals surface area contributed by atoms with Crippen molar-refractivity contribution >= 4 is 22.6 Å². The first kappa shape index (κ1) is 16.2. The lowest BCUT2D eigenvalue weighted by Gasteiger charge is -2.12. The van der Waals surface area contributed by atoms with Gasteiger partial charge in [-0.3, -0.25) is 4.79 Å². The highest BCUT2D eigenvalue weighted by Crippen LogP contribution is 2.19. The largest absolute Gasteiger partial charge is 0.377 e. The summed E-state index contributed by atoms with van der Waals surface area (Å²) < 4.78 is 7.12. The van der Waals surface area contributed by atoms with Gasteiger partial charge >= 0.3 is 0 Å². The van der Waals surface area contributed by atoms with Crippen LogP contribution < -0.4 is 5.32 Å². The zero-order chi connectivity index (χ0) is 17.1. The molecule has 0 aliphatic heterocycles. The van der Waals surface area contributed by atoms with Gasteiger partial charge in [-0.15, -0.1) is 0 Å². The Balaban J connectivity index is 1.87. The van der Waals surface area contributed by atoms with Crippen LogP contribution in [0.2, 0.25) is 0 Å². The maximum atomic E-state index is 12.5. The van der Waals surface area contributed by atoms with E-state index in [9.17, 15) is 4.79 Å². The second-order valence-electron chi connectivity index (χ2n) is 5.90. The first-order valence-corrected chi connectivity index (χ1v) is 7.88. The van der Waals surface area contributed by atoms with Crippen LogP contribution in [-0.4, -0.2) is 22.6 Å². The Bertz CT molecular complexity index is 883. The molecule has 24 heavy (non-hydrogen) atoms. The monoisotopic (exact) mass is 323 g/mol. The molecule has 0 bridgehead atoms. The van der Waals surface area contributed by atoms with Crippen LogP contribution in [0.5, 0.6) is 0 Å². The number of rotatable bonds is 5. The van der Waals surface area contributed by atoms with Crippen molar-refractivity contribution in [2.75, 3.05) is 12.4 Å². The molecule has 3 rings (SSSR count). The van der Waals surface area contributed by atoms with Gasteiger partial charge in [0.25, 0.3) is 0 Å². The quantitative estimate of drug-likeness (QED) is 0.782. The maximum Gasteiger partial charge on any atom is 0.244 e. The Morgan fingerprint density at radius 1 is 1.21 bits per heavy atom. The molecule has 5 nitrogen and oxygen atoms in total. The normalized spacial score (nSPS) is 11.0. The minimum Gasteiger partial charge on any atom is -0.377 e. The second kappa shape index (κ2) is 6.84. The fourth-order valence-electron chi connectivity index (χ4n) is 2.74. The molecule has 1 aromatic heterocycles. The number of ether oxygens (including phenoxy) is 1. The number of hydrogen-bond acceptors (Lipinski definition) is 3. The van der Waals surface area contributed by atoms with Crippen molar-refractivity contribution in [1.82, 2.24) is 9.55 Å². The maximum absolute atomic E-state index is 12.5. The number of aryl methyl sites for hydroxylation is 2. The molecule has 124 valence electrons. The van der Waals surface area contributed by atoms with Crippen LogP contribution in [0.25, 0.3) is 11.0 Å². The van der Waals surface area contributed by atoms with Crippen LogP contribution in [0.1, 0.15) is 17.0 Å². The van der Waals surface area contributed by atoms with Gasteiger partial charge in [-0.1, -0.05) is 24.3 Å². The molecular formula is C19H21N3O2. The van der Waals surface area contributed by atoms with Crippen LogP contribution in [0, 0.1) is 13.8 Å². The summed E-state index contributed by atoms with van der Waals surface area (Å²) in [5, 5.41) is 2.99. The number of hydrogen-bond donors (Lipinski definition) is 1. The Morgan fingerprint density at radius 3 is 2.79 bits per heavy atom. The molecule has 3 aromatic rings. The van der Waals surface area contributed by atoms with Gasteiger partial charge in [0.15, 0.2) is 0 Å². The number of para-hydroxylation sites is 2. The number of anilines is 1. The van der Waals surface area contributed by atoms with E-state index in [-0.39, 0.29) is 12.5 Å². The van der Waals surface area contributed by atoms with Crippen molar-refractivity contribution in [2.24, 2.45) is 0 Å². The van der Waals surface area contributed by atoms with Crippen molar-refractivity contribution < 1.29 is 9.53 Å². The van der Waals surface area contributed by atoms with Gasteiger partial charge in [-0.25, -0.2) is 4.98 Å². The molecule has 0 spiro atoms. The zero-order valence-electron chi connectivity index (χ0n) is 14.2. The smallest absolute Gasteiger partial charge is 0.244 e. The Kier molecular flexibility index (Phi) is 4.62. The van der Waals surface area contributed by atoms with E-state index in [1.165, 1.54) is 0 Å². The fourth-order valence-corrected chi connectivity index (χ4v) is 2.74. The number of nitrogens with one attached hydrogen (secondary N) is 1. The molecule has 0 unspecified atom stereocenters. The van der Waals surface area contributed by atoms with Crippen molar-refractivity contribution in [3.05, 3.63) is 59.4 Å². The number of carbonyl (C=O) groups is 1. The van der Waals surface area contributed by atoms with E-state index in [1.807, 2.05) is 60.9 Å². The predicted molar refractivity (Wildman–Crippen MR) is 95.0 cm³/mol. The van der Waals surface area contributed by atoms with Crippen molar-refractivity contribution in [2.45, 2.75) is 27.0 Å². The van der Waals surface area contributed by atoms with Gasteiger partial charge in [-0.05, 0) is 43.2 Å². The predicted octanol–water partition coefficient (Wildman–Crippen LogP) is 3.44. The SMILES string of the molecule is COCc1nc2ccccc2n1CC(=O)Nc1cc(C)ccc1C. The molecule has 0 aliphatic rings. The Hall–Kier alpha value is -2.66. The first-order chi connectivity index (χ1) is 11.6. The molecular weight excluding hydrogens is 302 g/mol. The molecule has 1 amide bonds. The lowest BCUT2D eigenvalue weighted by Crippen LogP contribution is -2.21. The molecule has 1 N–H and O–H groups in total. The summed E-state index contributed by atoms with van der Waals surface area (Å²) in [5.41, 5.74) is 4.80. The number of nitrogens with zero attached hydrogens (tertiary/aromatic N) is 2. The molecule has 0 atom stereocenters. The number of amides is 1. The zero-order valence-corrected chi connectivity index (χ0v) is 14.2. The van der Waals surface area contributed by atoms with Crippen LogP contribution in [0.4, 0.5) is 5.69 Å². The van der Waals surface area contributed by atoms with E-state index in [4.69, 9.17) is 4.74 Å². The number of methoxy groups -OCH3 is 1. The van der Waals surface area contributed by atoms with E-state index >= 15 is 0 Å². The summed E-state index contributed by atoms with van der Waals surface area (Å²) in [6.45, 7) is 4.56. The summed E-state index contributed by atoms with van der Waals surface area (Å²) >= 11 is 0. The molecule has 0 saturated heterocycles. The van der Waals surface area contributed by atoms with Crippen LogP contribution in [0.3, 0.4) is 0 Å². The van der Waals surface area contributed by atoms with Crippen molar-refractivity contribution in [1.29, 1.82) is 0 Å². The van der Waals surface area contributed by atoms with Crippen LogP contribution in [-0.2, 0) is 22.7 Å². The molecule has 0 radical (unpaired) electrons. The molecule has 0 fully saturated rings. The number of aromatic nitrogens is 2. The van der Waals surface area contributed by atoms with Crippen LogP contribution in [0.15, 0.2) is 42.5 Å². The number of fused-ring (bicyclic) bond motifs is 1. The topological polar surface area (TPSA) is 56.2 Å². The highest BCUT2D eigenvalue weighted by Gasteiger charge is 2.14. The van der Waals surface area contributed by atoms with Gasteiger partial charge in [0.2, 0.25) is 5.91 Å². The highest BCUT2D eigenvalue weighted by atomic mass is 16.5. The molecule has 0 saturated carbocycles. The summed E-state index contributed by atoms with van der Waals surface area (Å²) in [6.07, 6.45) is 0. The van der Waals surface area contributed by atoms with Gasteiger partial charge in [-0.2, -0.15) is 0 Å². The third-order valence-electron chi connectivity index (χ3n) is 3.98. The Morgan fingerprint density at radius 2 is 2.00 bits per heavy atom. The standard InChI is InChI=1S/C19H21N3O2/c1-13-8-9-14(2)16(10-13)21-19(23)11-22-17-7-5-4-6-15(17)20-18(22)12-24-3/h4-10H,11-12H2,1-3H3,(H,21,23). The minimum atomic E-state index is -0.0794. The molecule has 5 heteroatoms. The lowest BCUT2D eigenvalue weighted by atomic mass is 10.1. The van der Waals surface area contributed by atoms with Crippen LogP contribution >= 0.6 is 0 Å². The average Bonchev–Trinajstić information content (AvgIpc) is 2.89. The minimum absolute atomic E-state index is 0.0794. The van der Waals surface area contributed by atoms with Gasteiger partial charge in [0, 0.05) is 12.8 Å². The number of carbonyl (C=O) groups excluding carboxylic acids is 1. The van der Waals surface area contributed by atoms with Gasteiger partial charge < -0.3 is 14.6 Å². The van der Waals surface area contributed by atoms with E-state index in [0.717, 1.165) is 33.7 Å². The second-order valence-corrected chi connectivity index (χ2v) is 5.90. The third-order valence-corrected chi connectivity index (χ3v) is 3.98. The van der Waals surface area contributed by atoms with E-state index in [1.54, 1.807) is 7.11 Å². The van der Waals surface area contributed by atoms with E-state index in [0.29, 0.717) is 6.61 Å². The fraction of sp³-hybridized carbons (Fsp3) is 0.263. The lowest BCUT2D eigenvalue weighted by molar-refractivity contribution is -0.116. The van der Waals surface area contributed by atoms with Gasteiger partial charge in [0.05, 0.1) is 11.0 Å². The molecule has 1 heterocycles. The highest BCUT2D eigenvalue weighted by molar-refractivity contribution is 5.92. The first-order valence-electron chi connectivity index (χ1n) is 7.88. The third kappa shape index (κ3) is 3.31. The van der Waals surface area contributed by atoms with E-state index in [2.05, 4.69) is 10.3 Å². The summed E-state index contributed by atoms with van der Waals surface area (Å²) in [5.74, 6) is 0.666.